The van der Waals surface area contributed by atoms with Crippen LogP contribution in [0.5, 0.6) is 0 Å². The molecule has 3 aromatic rings. The Hall–Kier alpha value is -1.72. The van der Waals surface area contributed by atoms with Gasteiger partial charge >= 0.3 is 0 Å². The van der Waals surface area contributed by atoms with Crippen LogP contribution in [0.2, 0.25) is 0 Å². The van der Waals surface area contributed by atoms with Crippen LogP contribution in [-0.2, 0) is 6.54 Å². The van der Waals surface area contributed by atoms with E-state index >= 15 is 0 Å². The van der Waals surface area contributed by atoms with Crippen LogP contribution < -0.4 is 5.32 Å². The molecule has 0 aromatic carbocycles. The van der Waals surface area contributed by atoms with Gasteiger partial charge in [0.2, 0.25) is 0 Å². The number of hydrogen-bond acceptors (Lipinski definition) is 4. The van der Waals surface area contributed by atoms with Gasteiger partial charge in [-0.2, -0.15) is 0 Å². The zero-order chi connectivity index (χ0) is 11.7. The molecule has 0 radical (unpaired) electrons. The average Bonchev–Trinajstić information content (AvgIpc) is 2.98. The lowest BCUT2D eigenvalue weighted by Gasteiger charge is -2.02. The number of nitrogens with one attached hydrogen (secondary N) is 2. The van der Waals surface area contributed by atoms with Crippen molar-refractivity contribution in [3.05, 3.63) is 35.6 Å². The van der Waals surface area contributed by atoms with Crippen molar-refractivity contribution in [1.29, 1.82) is 0 Å². The number of aromatic nitrogens is 3. The lowest BCUT2D eigenvalue weighted by molar-refractivity contribution is 0.823. The van der Waals surface area contributed by atoms with Crippen LogP contribution in [0.1, 0.15) is 5.56 Å². The Labute approximate surface area is 103 Å². The smallest absolute Gasteiger partial charge is 0.141 e. The predicted molar refractivity (Wildman–Crippen MR) is 70.0 cm³/mol. The summed E-state index contributed by atoms with van der Waals surface area (Å²) in [5.74, 6) is 0. The van der Waals surface area contributed by atoms with Crippen LogP contribution in [0.15, 0.2) is 30.0 Å². The Morgan fingerprint density at radius 2 is 2.35 bits per heavy atom. The van der Waals surface area contributed by atoms with E-state index in [1.807, 2.05) is 19.3 Å². The van der Waals surface area contributed by atoms with Crippen molar-refractivity contribution in [2.75, 3.05) is 7.05 Å². The summed E-state index contributed by atoms with van der Waals surface area (Å²) in [5, 5.41) is 6.34. The Balaban J connectivity index is 2.26. The summed E-state index contributed by atoms with van der Waals surface area (Å²) in [7, 11) is 1.94. The van der Waals surface area contributed by atoms with Crippen molar-refractivity contribution in [1.82, 2.24) is 20.3 Å². The number of nitrogens with zero attached hydrogens (tertiary/aromatic N) is 2. The van der Waals surface area contributed by atoms with Crippen molar-refractivity contribution in [2.24, 2.45) is 0 Å². The first-order valence-electron chi connectivity index (χ1n) is 5.39. The molecule has 5 heteroatoms. The van der Waals surface area contributed by atoms with E-state index in [1.165, 1.54) is 10.4 Å². The Kier molecular flexibility index (Phi) is 2.62. The van der Waals surface area contributed by atoms with Crippen molar-refractivity contribution in [3.8, 4) is 10.6 Å². The van der Waals surface area contributed by atoms with Crippen LogP contribution in [0, 0.1) is 0 Å². The summed E-state index contributed by atoms with van der Waals surface area (Å²) in [4.78, 5) is 13.0. The number of aromatic amines is 1. The van der Waals surface area contributed by atoms with Gasteiger partial charge in [0.05, 0.1) is 16.0 Å². The minimum Gasteiger partial charge on any atom is -0.346 e. The third kappa shape index (κ3) is 1.73. The summed E-state index contributed by atoms with van der Waals surface area (Å²) in [5.41, 5.74) is 3.11. The molecule has 0 saturated heterocycles. The SMILES string of the molecule is CNCc1c[nH]c2ncnc(-c3cccs3)c12. The van der Waals surface area contributed by atoms with Gasteiger partial charge < -0.3 is 10.3 Å². The molecule has 0 atom stereocenters. The maximum Gasteiger partial charge on any atom is 0.141 e. The maximum absolute atomic E-state index is 4.42. The molecule has 2 N–H and O–H groups in total. The van der Waals surface area contributed by atoms with Crippen molar-refractivity contribution < 1.29 is 0 Å². The first kappa shape index (κ1) is 10.4. The molecule has 0 aliphatic carbocycles. The molecule has 0 aliphatic rings. The molecule has 86 valence electrons. The number of thiophene rings is 1. The second-order valence-corrected chi connectivity index (χ2v) is 4.72. The second kappa shape index (κ2) is 4.27. The second-order valence-electron chi connectivity index (χ2n) is 3.77. The van der Waals surface area contributed by atoms with E-state index in [0.717, 1.165) is 23.3 Å². The standard InChI is InChI=1S/C12H12N4S/c1-13-5-8-6-14-12-10(8)11(15-7-16-12)9-3-2-4-17-9/h2-4,6-7,13H,5H2,1H3,(H,14,15,16). The van der Waals surface area contributed by atoms with Gasteiger partial charge in [0.1, 0.15) is 12.0 Å². The minimum atomic E-state index is 0.811. The van der Waals surface area contributed by atoms with Gasteiger partial charge in [-0.25, -0.2) is 9.97 Å². The number of rotatable bonds is 3. The zero-order valence-electron chi connectivity index (χ0n) is 9.40. The van der Waals surface area contributed by atoms with Gasteiger partial charge in [-0.3, -0.25) is 0 Å². The molecule has 0 bridgehead atoms. The highest BCUT2D eigenvalue weighted by Gasteiger charge is 2.12. The van der Waals surface area contributed by atoms with Gasteiger partial charge in [0.25, 0.3) is 0 Å². The van der Waals surface area contributed by atoms with Crippen molar-refractivity contribution in [2.45, 2.75) is 6.54 Å². The fourth-order valence-corrected chi connectivity index (χ4v) is 2.68. The Bertz CT molecular complexity index is 627. The molecule has 0 fully saturated rings. The molecule has 0 saturated carbocycles. The Morgan fingerprint density at radius 1 is 1.41 bits per heavy atom. The number of hydrogen-bond donors (Lipinski definition) is 2. The van der Waals surface area contributed by atoms with Crippen LogP contribution in [0.3, 0.4) is 0 Å². The van der Waals surface area contributed by atoms with E-state index in [2.05, 4.69) is 31.7 Å². The molecular formula is C12H12N4S. The first-order valence-corrected chi connectivity index (χ1v) is 6.27. The van der Waals surface area contributed by atoms with Gasteiger partial charge in [0, 0.05) is 12.7 Å². The van der Waals surface area contributed by atoms with Gasteiger partial charge in [-0.05, 0) is 24.1 Å². The lowest BCUT2D eigenvalue weighted by atomic mass is 10.1. The highest BCUT2D eigenvalue weighted by Crippen LogP contribution is 2.30. The summed E-state index contributed by atoms with van der Waals surface area (Å²) in [6.07, 6.45) is 3.60. The molecule has 0 aliphatic heterocycles. The van der Waals surface area contributed by atoms with Crippen molar-refractivity contribution in [3.63, 3.8) is 0 Å². The number of H-pyrrole nitrogens is 1. The van der Waals surface area contributed by atoms with Gasteiger partial charge in [-0.1, -0.05) is 6.07 Å². The van der Waals surface area contributed by atoms with Crippen LogP contribution in [0.25, 0.3) is 21.6 Å². The first-order chi connectivity index (χ1) is 8.40. The highest BCUT2D eigenvalue weighted by atomic mass is 32.1. The summed E-state index contributed by atoms with van der Waals surface area (Å²) < 4.78 is 0. The third-order valence-corrected chi connectivity index (χ3v) is 3.55. The van der Waals surface area contributed by atoms with E-state index in [1.54, 1.807) is 17.7 Å². The molecular weight excluding hydrogens is 232 g/mol. The maximum atomic E-state index is 4.42. The van der Waals surface area contributed by atoms with Gasteiger partial charge in [-0.15, -0.1) is 11.3 Å². The topological polar surface area (TPSA) is 53.6 Å². The van der Waals surface area contributed by atoms with Crippen molar-refractivity contribution >= 4 is 22.4 Å². The molecule has 4 nitrogen and oxygen atoms in total. The predicted octanol–water partition coefficient (Wildman–Crippen LogP) is 2.41. The van der Waals surface area contributed by atoms with Crippen LogP contribution in [0.4, 0.5) is 0 Å². The molecule has 0 amide bonds. The van der Waals surface area contributed by atoms with Gasteiger partial charge in [0.15, 0.2) is 0 Å². The third-order valence-electron chi connectivity index (χ3n) is 2.67. The van der Waals surface area contributed by atoms with Crippen LogP contribution >= 0.6 is 11.3 Å². The number of fused-ring (bicyclic) bond motifs is 1. The zero-order valence-corrected chi connectivity index (χ0v) is 10.2. The van der Waals surface area contributed by atoms with E-state index in [-0.39, 0.29) is 0 Å². The van der Waals surface area contributed by atoms with Crippen LogP contribution in [-0.4, -0.2) is 22.0 Å². The molecule has 3 rings (SSSR count). The molecule has 3 heterocycles. The normalized spacial score (nSPS) is 11.1. The lowest BCUT2D eigenvalue weighted by Crippen LogP contribution is -2.04. The Morgan fingerprint density at radius 3 is 3.12 bits per heavy atom. The van der Waals surface area contributed by atoms with E-state index in [0.29, 0.717) is 0 Å². The van der Waals surface area contributed by atoms with E-state index in [9.17, 15) is 0 Å². The fourth-order valence-electron chi connectivity index (χ4n) is 1.96. The molecule has 0 spiro atoms. The summed E-state index contributed by atoms with van der Waals surface area (Å²) >= 11 is 1.70. The summed E-state index contributed by atoms with van der Waals surface area (Å²) in [6.45, 7) is 0.811. The summed E-state index contributed by atoms with van der Waals surface area (Å²) in [6, 6.07) is 4.13. The largest absolute Gasteiger partial charge is 0.346 e. The molecule has 17 heavy (non-hydrogen) atoms. The average molecular weight is 244 g/mol. The van der Waals surface area contributed by atoms with E-state index in [4.69, 9.17) is 0 Å². The molecule has 3 aromatic heterocycles. The quantitative estimate of drug-likeness (QED) is 0.744. The van der Waals surface area contributed by atoms with E-state index < -0.39 is 0 Å². The highest BCUT2D eigenvalue weighted by molar-refractivity contribution is 7.13. The minimum absolute atomic E-state index is 0.811. The fraction of sp³-hybridized carbons (Fsp3) is 0.167. The monoisotopic (exact) mass is 244 g/mol. The molecule has 0 unspecified atom stereocenters.